The van der Waals surface area contributed by atoms with Gasteiger partial charge in [0.05, 0.1) is 11.0 Å². The van der Waals surface area contributed by atoms with Gasteiger partial charge >= 0.3 is 0 Å². The molecule has 0 spiro atoms. The standard InChI is InChI=1S/C27H47ClO/c1-18(2)7-6-8-19(3)22-9-10-23-21-12-16-27(28)17-20(29)11-15-26(27,5)24(21)13-14-25(22,23)4/h18-24,29H,6-17H2,1-5H3/t19-,20-,21+,22+,23-,24+,25+,26-,27-/m1/s1. The van der Waals surface area contributed by atoms with Crippen LogP contribution in [0.3, 0.4) is 0 Å². The molecule has 0 amide bonds. The minimum absolute atomic E-state index is 0.151. The first-order valence-electron chi connectivity index (χ1n) is 13.0. The van der Waals surface area contributed by atoms with Crippen LogP contribution in [-0.4, -0.2) is 16.1 Å². The van der Waals surface area contributed by atoms with Crippen LogP contribution in [0.5, 0.6) is 0 Å². The highest BCUT2D eigenvalue weighted by molar-refractivity contribution is 6.24. The fraction of sp³-hybridized carbons (Fsp3) is 1.00. The van der Waals surface area contributed by atoms with Crippen LogP contribution in [0.2, 0.25) is 0 Å². The van der Waals surface area contributed by atoms with Crippen molar-refractivity contribution >= 4 is 11.6 Å². The van der Waals surface area contributed by atoms with Crippen LogP contribution in [0.4, 0.5) is 0 Å². The van der Waals surface area contributed by atoms with Gasteiger partial charge in [0.25, 0.3) is 0 Å². The minimum atomic E-state index is -0.173. The molecule has 2 heteroatoms. The lowest BCUT2D eigenvalue weighted by atomic mass is 9.44. The van der Waals surface area contributed by atoms with Crippen LogP contribution < -0.4 is 0 Å². The Kier molecular flexibility index (Phi) is 6.18. The molecular formula is C27H47ClO. The number of alkyl halides is 1. The largest absolute Gasteiger partial charge is 0.393 e. The molecule has 29 heavy (non-hydrogen) atoms. The van der Waals surface area contributed by atoms with Crippen molar-refractivity contribution in [1.82, 2.24) is 0 Å². The highest BCUT2D eigenvalue weighted by Crippen LogP contribution is 2.70. The molecule has 4 rings (SSSR count). The molecule has 0 radical (unpaired) electrons. The molecule has 9 atom stereocenters. The van der Waals surface area contributed by atoms with E-state index in [4.69, 9.17) is 11.6 Å². The Morgan fingerprint density at radius 3 is 2.38 bits per heavy atom. The summed E-state index contributed by atoms with van der Waals surface area (Å²) in [6, 6.07) is 0. The molecule has 0 aromatic heterocycles. The van der Waals surface area contributed by atoms with E-state index in [0.717, 1.165) is 61.2 Å². The van der Waals surface area contributed by atoms with Crippen molar-refractivity contribution in [1.29, 1.82) is 0 Å². The van der Waals surface area contributed by atoms with Gasteiger partial charge in [-0.15, -0.1) is 11.6 Å². The summed E-state index contributed by atoms with van der Waals surface area (Å²) in [5.41, 5.74) is 0.800. The predicted octanol–water partition coefficient (Wildman–Crippen LogP) is 7.83. The molecule has 0 saturated heterocycles. The molecule has 4 fully saturated rings. The first kappa shape index (κ1) is 22.4. The van der Waals surface area contributed by atoms with E-state index in [1.165, 1.54) is 51.4 Å². The Balaban J connectivity index is 1.49. The van der Waals surface area contributed by atoms with Crippen molar-refractivity contribution in [2.24, 2.45) is 46.3 Å². The van der Waals surface area contributed by atoms with Crippen molar-refractivity contribution < 1.29 is 5.11 Å². The van der Waals surface area contributed by atoms with Gasteiger partial charge in [-0.25, -0.2) is 0 Å². The van der Waals surface area contributed by atoms with Gasteiger partial charge in [0, 0.05) is 0 Å². The summed E-state index contributed by atoms with van der Waals surface area (Å²) < 4.78 is 0. The van der Waals surface area contributed by atoms with Gasteiger partial charge < -0.3 is 5.11 Å². The monoisotopic (exact) mass is 422 g/mol. The second-order valence-corrected chi connectivity index (χ2v) is 13.4. The second-order valence-electron chi connectivity index (χ2n) is 12.7. The van der Waals surface area contributed by atoms with Crippen LogP contribution in [-0.2, 0) is 0 Å². The van der Waals surface area contributed by atoms with Crippen LogP contribution >= 0.6 is 11.6 Å². The van der Waals surface area contributed by atoms with E-state index in [1.54, 1.807) is 0 Å². The van der Waals surface area contributed by atoms with Crippen LogP contribution in [0, 0.1) is 46.3 Å². The summed E-state index contributed by atoms with van der Waals surface area (Å²) in [5.74, 6) is 5.25. The molecule has 0 bridgehead atoms. The lowest BCUT2D eigenvalue weighted by Gasteiger charge is -2.64. The molecule has 4 saturated carbocycles. The summed E-state index contributed by atoms with van der Waals surface area (Å²) in [5, 5.41) is 10.3. The quantitative estimate of drug-likeness (QED) is 0.447. The number of hydrogen-bond donors (Lipinski definition) is 1. The summed E-state index contributed by atoms with van der Waals surface area (Å²) in [7, 11) is 0. The van der Waals surface area contributed by atoms with Crippen molar-refractivity contribution in [2.75, 3.05) is 0 Å². The fourth-order valence-electron chi connectivity index (χ4n) is 9.21. The predicted molar refractivity (Wildman–Crippen MR) is 124 cm³/mol. The highest BCUT2D eigenvalue weighted by atomic mass is 35.5. The third-order valence-electron chi connectivity index (χ3n) is 10.9. The zero-order chi connectivity index (χ0) is 21.0. The third kappa shape index (κ3) is 3.63. The molecule has 0 aliphatic heterocycles. The Hall–Kier alpha value is 0.250. The van der Waals surface area contributed by atoms with E-state index in [0.29, 0.717) is 5.41 Å². The van der Waals surface area contributed by atoms with Gasteiger partial charge in [0.1, 0.15) is 0 Å². The number of hydrogen-bond acceptors (Lipinski definition) is 1. The Morgan fingerprint density at radius 1 is 0.897 bits per heavy atom. The van der Waals surface area contributed by atoms with Crippen molar-refractivity contribution in [3.8, 4) is 0 Å². The number of rotatable bonds is 5. The molecule has 0 heterocycles. The van der Waals surface area contributed by atoms with Crippen molar-refractivity contribution in [2.45, 2.75) is 123 Å². The van der Waals surface area contributed by atoms with E-state index in [9.17, 15) is 5.11 Å². The molecular weight excluding hydrogens is 376 g/mol. The fourth-order valence-corrected chi connectivity index (χ4v) is 9.73. The third-order valence-corrected chi connectivity index (χ3v) is 11.7. The van der Waals surface area contributed by atoms with Gasteiger partial charge in [0.15, 0.2) is 0 Å². The smallest absolute Gasteiger partial charge is 0.0557 e. The van der Waals surface area contributed by atoms with Gasteiger partial charge in [0.2, 0.25) is 0 Å². The Morgan fingerprint density at radius 2 is 1.66 bits per heavy atom. The summed E-state index contributed by atoms with van der Waals surface area (Å²) in [6.45, 7) is 12.5. The molecule has 0 aromatic carbocycles. The number of aliphatic hydroxyl groups is 1. The molecule has 0 unspecified atom stereocenters. The Labute approximate surface area is 185 Å². The van der Waals surface area contributed by atoms with Crippen LogP contribution in [0.15, 0.2) is 0 Å². The van der Waals surface area contributed by atoms with Gasteiger partial charge in [-0.05, 0) is 104 Å². The topological polar surface area (TPSA) is 20.2 Å². The lowest BCUT2D eigenvalue weighted by molar-refractivity contribution is -0.118. The molecule has 4 aliphatic carbocycles. The van der Waals surface area contributed by atoms with E-state index in [1.807, 2.05) is 0 Å². The average molecular weight is 423 g/mol. The molecule has 168 valence electrons. The average Bonchev–Trinajstić information content (AvgIpc) is 2.99. The number of aliphatic hydroxyl groups excluding tert-OH is 1. The van der Waals surface area contributed by atoms with Gasteiger partial charge in [-0.2, -0.15) is 0 Å². The molecule has 4 aliphatic rings. The van der Waals surface area contributed by atoms with E-state index in [-0.39, 0.29) is 16.4 Å². The zero-order valence-electron chi connectivity index (χ0n) is 19.9. The van der Waals surface area contributed by atoms with E-state index >= 15 is 0 Å². The van der Waals surface area contributed by atoms with Gasteiger partial charge in [-0.3, -0.25) is 0 Å². The summed E-state index contributed by atoms with van der Waals surface area (Å²) in [6.07, 6.45) is 15.2. The maximum absolute atomic E-state index is 10.3. The van der Waals surface area contributed by atoms with Gasteiger partial charge in [-0.1, -0.05) is 53.9 Å². The summed E-state index contributed by atoms with van der Waals surface area (Å²) in [4.78, 5) is -0.151. The number of fused-ring (bicyclic) bond motifs is 5. The first-order chi connectivity index (χ1) is 13.6. The number of halogens is 1. The summed E-state index contributed by atoms with van der Waals surface area (Å²) >= 11 is 7.31. The minimum Gasteiger partial charge on any atom is -0.393 e. The first-order valence-corrected chi connectivity index (χ1v) is 13.4. The normalized spacial score (nSPS) is 50.7. The molecule has 1 nitrogen and oxygen atoms in total. The van der Waals surface area contributed by atoms with Crippen LogP contribution in [0.1, 0.15) is 112 Å². The van der Waals surface area contributed by atoms with Crippen molar-refractivity contribution in [3.05, 3.63) is 0 Å². The van der Waals surface area contributed by atoms with E-state index < -0.39 is 0 Å². The van der Waals surface area contributed by atoms with E-state index in [2.05, 4.69) is 34.6 Å². The lowest BCUT2D eigenvalue weighted by Crippen LogP contribution is -2.60. The SMILES string of the molecule is CC(C)CCC[C@@H](C)[C@@H]1CC[C@@H]2[C@@H]3CC[C@@]4(Cl)C[C@H](O)CC[C@]4(C)[C@H]3CC[C@]21C. The molecule has 0 aromatic rings. The Bertz CT molecular complexity index is 589. The van der Waals surface area contributed by atoms with Crippen molar-refractivity contribution in [3.63, 3.8) is 0 Å². The molecule has 1 N–H and O–H groups in total. The highest BCUT2D eigenvalue weighted by Gasteiger charge is 2.64. The maximum Gasteiger partial charge on any atom is 0.0557 e. The van der Waals surface area contributed by atoms with Crippen LogP contribution in [0.25, 0.3) is 0 Å². The second kappa shape index (κ2) is 7.99. The zero-order valence-corrected chi connectivity index (χ0v) is 20.6. The maximum atomic E-state index is 10.3.